The van der Waals surface area contributed by atoms with Crippen molar-refractivity contribution in [1.29, 1.82) is 0 Å². The lowest BCUT2D eigenvalue weighted by molar-refractivity contribution is -0.138. The van der Waals surface area contributed by atoms with Gasteiger partial charge in [0.1, 0.15) is 60.2 Å². The summed E-state index contributed by atoms with van der Waals surface area (Å²) in [5, 5.41) is 42.8. The summed E-state index contributed by atoms with van der Waals surface area (Å²) in [6.07, 6.45) is -3.48. The van der Waals surface area contributed by atoms with Crippen molar-refractivity contribution in [2.75, 3.05) is 14.1 Å². The predicted molar refractivity (Wildman–Crippen MR) is 179 cm³/mol. The second-order valence-electron chi connectivity index (χ2n) is 11.3. The fourth-order valence-corrected chi connectivity index (χ4v) is 4.88. The van der Waals surface area contributed by atoms with E-state index in [0.29, 0.717) is 12.8 Å². The van der Waals surface area contributed by atoms with Crippen LogP contribution in [0.3, 0.4) is 0 Å². The van der Waals surface area contributed by atoms with Gasteiger partial charge in [0.05, 0.1) is 35.3 Å². The summed E-state index contributed by atoms with van der Waals surface area (Å²) in [6, 6.07) is -1.91. The number of carbonyl (C=O) groups is 2. The van der Waals surface area contributed by atoms with Gasteiger partial charge in [0.15, 0.2) is 0 Å². The first kappa shape index (κ1) is 45.3. The fourth-order valence-electron chi connectivity index (χ4n) is 4.65. The molecule has 0 aromatic carbocycles. The average Bonchev–Trinajstić information content (AvgIpc) is 3.56. The van der Waals surface area contributed by atoms with E-state index in [4.69, 9.17) is 52.3 Å². The first-order valence-corrected chi connectivity index (χ1v) is 16.7. The summed E-state index contributed by atoms with van der Waals surface area (Å²) in [5.74, 6) is -0.237. The van der Waals surface area contributed by atoms with Crippen LogP contribution in [0.1, 0.15) is 67.7 Å². The minimum atomic E-state index is -0.926. The third kappa shape index (κ3) is 14.4. The van der Waals surface area contributed by atoms with Crippen molar-refractivity contribution in [2.45, 2.75) is 158 Å². The lowest BCUT2D eigenvalue weighted by Crippen LogP contribution is -2.42. The number of rotatable bonds is 9. The number of aliphatic hydroxyl groups excluding tert-OH is 4. The number of carbonyl (C=O) groups excluding carboxylic acids is 2. The first-order chi connectivity index (χ1) is 21.4. The SMILES string of the molecule is CNC(=O)C(C)Br.[B][C@@H]1O[C@H](CC)C(O)[C@@H]1O.[B][C@@H]1O[C@H](CC)C(O)[C@@H]1OC(C)C.[B][C@@H]1O[C@H](CC)C(O)[C@@H]1O[C@H](C)C(=O)NC. The molecule has 3 fully saturated rings. The van der Waals surface area contributed by atoms with Gasteiger partial charge in [-0.3, -0.25) is 9.59 Å². The molecular weight excluding hydrogens is 665 g/mol. The lowest BCUT2D eigenvalue weighted by atomic mass is 9.92. The van der Waals surface area contributed by atoms with E-state index in [1.807, 2.05) is 34.6 Å². The van der Waals surface area contributed by atoms with Crippen LogP contribution in [0.15, 0.2) is 0 Å². The molecule has 6 radical (unpaired) electrons. The van der Waals surface area contributed by atoms with Gasteiger partial charge >= 0.3 is 0 Å². The molecule has 3 heterocycles. The number of nitrogens with one attached hydrogen (secondary N) is 2. The maximum Gasteiger partial charge on any atom is 0.248 e. The maximum absolute atomic E-state index is 11.3. The summed E-state index contributed by atoms with van der Waals surface area (Å²) in [4.78, 5) is 21.5. The van der Waals surface area contributed by atoms with Gasteiger partial charge < -0.3 is 54.7 Å². The van der Waals surface area contributed by atoms with E-state index in [1.165, 1.54) is 7.05 Å². The minimum Gasteiger partial charge on any atom is -0.388 e. The average molecular weight is 719 g/mol. The third-order valence-electron chi connectivity index (χ3n) is 7.37. The molecule has 0 aliphatic carbocycles. The van der Waals surface area contributed by atoms with E-state index in [1.54, 1.807) is 20.9 Å². The van der Waals surface area contributed by atoms with Crippen molar-refractivity contribution in [3.05, 3.63) is 0 Å². The van der Waals surface area contributed by atoms with E-state index in [-0.39, 0.29) is 47.2 Å². The number of amides is 2. The standard InChI is InChI=1S/C10H18BNO4.C9H17BO3.C6H11BO3.C4H8BrNO/c1-4-6-7(13)8(9(11)16-6)15-5(2)10(14)12-3;1-4-6-7(11)8(9(10)13-6)12-5(2)3;1-2-3-4(8)5(9)6(7)10-3;1-3(5)4(7)6-2/h5-9,13H,4H2,1-3H3,(H,12,14);5-9,11H,4H2,1-3H3;3-6,8-9H,2H2,1H3;3H,1-2H3,(H,6,7)/t5-,6-,7?,8+,9-;6-,7?,8+,9-;3-,4?,5+,6-;/m111./s1. The summed E-state index contributed by atoms with van der Waals surface area (Å²) in [6.45, 7) is 12.9. The van der Waals surface area contributed by atoms with Crippen molar-refractivity contribution in [3.63, 3.8) is 0 Å². The van der Waals surface area contributed by atoms with Gasteiger partial charge in [-0.15, -0.1) is 0 Å². The van der Waals surface area contributed by atoms with Gasteiger partial charge in [0, 0.05) is 32.1 Å². The summed E-state index contributed by atoms with van der Waals surface area (Å²) < 4.78 is 26.5. The lowest BCUT2D eigenvalue weighted by Gasteiger charge is -2.22. The molecule has 46 heavy (non-hydrogen) atoms. The quantitative estimate of drug-likeness (QED) is 0.129. The molecule has 0 aromatic heterocycles. The molecule has 17 heteroatoms. The van der Waals surface area contributed by atoms with Gasteiger partial charge in [-0.2, -0.15) is 0 Å². The largest absolute Gasteiger partial charge is 0.388 e. The van der Waals surface area contributed by atoms with E-state index < -0.39 is 54.6 Å². The number of alkyl halides is 1. The van der Waals surface area contributed by atoms with Crippen molar-refractivity contribution < 1.29 is 53.7 Å². The van der Waals surface area contributed by atoms with E-state index in [9.17, 15) is 24.9 Å². The molecule has 3 rings (SSSR count). The molecule has 2 amide bonds. The Balaban J connectivity index is 0.000000612. The van der Waals surface area contributed by atoms with Crippen molar-refractivity contribution in [2.24, 2.45) is 0 Å². The maximum atomic E-state index is 11.3. The molecule has 3 aliphatic rings. The molecule has 4 unspecified atom stereocenters. The van der Waals surface area contributed by atoms with E-state index in [0.717, 1.165) is 6.42 Å². The fraction of sp³-hybridized carbons (Fsp3) is 0.931. The smallest absolute Gasteiger partial charge is 0.248 e. The summed E-state index contributed by atoms with van der Waals surface area (Å²) in [7, 11) is 19.8. The molecule has 13 nitrogen and oxygen atoms in total. The topological polar surface area (TPSA) is 185 Å². The molecule has 0 saturated carbocycles. The van der Waals surface area contributed by atoms with Gasteiger partial charge in [-0.1, -0.05) is 36.7 Å². The zero-order valence-electron chi connectivity index (χ0n) is 28.5. The van der Waals surface area contributed by atoms with Crippen LogP contribution in [0.25, 0.3) is 0 Å². The number of aliphatic hydroxyl groups is 4. The Labute approximate surface area is 286 Å². The number of halogens is 1. The molecule has 262 valence electrons. The van der Waals surface area contributed by atoms with Crippen LogP contribution in [0, 0.1) is 0 Å². The van der Waals surface area contributed by atoms with Gasteiger partial charge in [0.25, 0.3) is 0 Å². The van der Waals surface area contributed by atoms with Crippen LogP contribution in [-0.2, 0) is 33.3 Å². The van der Waals surface area contributed by atoms with Gasteiger partial charge in [0.2, 0.25) is 11.8 Å². The monoisotopic (exact) mass is 718 g/mol. The Kier molecular flexibility index (Phi) is 22.4. The second kappa shape index (κ2) is 22.8. The van der Waals surface area contributed by atoms with Crippen molar-refractivity contribution in [1.82, 2.24) is 10.6 Å². The number of likely N-dealkylation sites (N-methyl/N-ethyl adjacent to an activating group) is 1. The number of hydrogen-bond acceptors (Lipinski definition) is 11. The zero-order chi connectivity index (χ0) is 35.9. The molecule has 3 saturated heterocycles. The Morgan fingerprint density at radius 3 is 1.28 bits per heavy atom. The highest BCUT2D eigenvalue weighted by Crippen LogP contribution is 2.26. The van der Waals surface area contributed by atoms with Crippen LogP contribution in [0.2, 0.25) is 0 Å². The summed E-state index contributed by atoms with van der Waals surface area (Å²) in [5.41, 5.74) is 0. The highest BCUT2D eigenvalue weighted by Gasteiger charge is 2.42. The Hall–Kier alpha value is -0.745. The molecule has 3 aliphatic heterocycles. The predicted octanol–water partition coefficient (Wildman–Crippen LogP) is -0.858. The van der Waals surface area contributed by atoms with Gasteiger partial charge in [-0.05, 0) is 47.0 Å². The van der Waals surface area contributed by atoms with Crippen molar-refractivity contribution in [3.8, 4) is 0 Å². The molecular formula is C29H54B3BrN2O11. The Bertz CT molecular complexity index is 869. The zero-order valence-corrected chi connectivity index (χ0v) is 30.1. The normalized spacial score (nSPS) is 36.2. The molecule has 14 atom stereocenters. The van der Waals surface area contributed by atoms with Crippen molar-refractivity contribution >= 4 is 51.3 Å². The first-order valence-electron chi connectivity index (χ1n) is 15.7. The molecule has 0 bridgehead atoms. The molecule has 6 N–H and O–H groups in total. The van der Waals surface area contributed by atoms with Crippen LogP contribution in [0.4, 0.5) is 0 Å². The second-order valence-corrected chi connectivity index (χ2v) is 12.7. The number of hydrogen-bond donors (Lipinski definition) is 6. The van der Waals surface area contributed by atoms with Crippen LogP contribution in [-0.4, -0.2) is 160 Å². The molecule has 0 spiro atoms. The van der Waals surface area contributed by atoms with Crippen LogP contribution < -0.4 is 10.6 Å². The van der Waals surface area contributed by atoms with E-state index >= 15 is 0 Å². The highest BCUT2D eigenvalue weighted by molar-refractivity contribution is 9.10. The Morgan fingerprint density at radius 2 is 1.04 bits per heavy atom. The van der Waals surface area contributed by atoms with E-state index in [2.05, 4.69) is 26.6 Å². The summed E-state index contributed by atoms with van der Waals surface area (Å²) >= 11 is 3.09. The minimum absolute atomic E-state index is 0.0139. The van der Waals surface area contributed by atoms with Crippen LogP contribution >= 0.6 is 15.9 Å². The number of ether oxygens (including phenoxy) is 5. The molecule has 0 aromatic rings. The van der Waals surface area contributed by atoms with Gasteiger partial charge in [-0.25, -0.2) is 0 Å². The highest BCUT2D eigenvalue weighted by atomic mass is 79.9. The Morgan fingerprint density at radius 1 is 0.674 bits per heavy atom. The van der Waals surface area contributed by atoms with Crippen LogP contribution in [0.5, 0.6) is 0 Å². The third-order valence-corrected chi connectivity index (χ3v) is 7.78.